The first kappa shape index (κ1) is 69.8. The molecule has 4 aliphatic rings. The van der Waals surface area contributed by atoms with E-state index in [9.17, 15) is 62.3 Å². The van der Waals surface area contributed by atoms with E-state index in [2.05, 4.69) is 15.9 Å². The predicted octanol–water partition coefficient (Wildman–Crippen LogP) is -0.926. The zero-order valence-corrected chi connectivity index (χ0v) is 49.3. The third-order valence-corrected chi connectivity index (χ3v) is 12.5. The van der Waals surface area contributed by atoms with Gasteiger partial charge in [-0.2, -0.15) is 0 Å². The Kier molecular flexibility index (Phi) is 26.6. The number of hydrogen-bond acceptors (Lipinski definition) is 33. The van der Waals surface area contributed by atoms with Gasteiger partial charge in [-0.05, 0) is 0 Å². The lowest BCUT2D eigenvalue weighted by Gasteiger charge is -2.51. The molecule has 0 aromatic heterocycles. The van der Waals surface area contributed by atoms with Crippen LogP contribution in [0.5, 0.6) is 0 Å². The average molecular weight is 1280 g/mol. The molecule has 0 unspecified atom stereocenters. The van der Waals surface area contributed by atoms with Gasteiger partial charge in [0.25, 0.3) is 0 Å². The van der Waals surface area contributed by atoms with Crippen molar-refractivity contribution in [2.24, 2.45) is 0 Å². The molecule has 472 valence electrons. The number of esters is 13. The van der Waals surface area contributed by atoms with Crippen molar-refractivity contribution in [3.05, 3.63) is 0 Å². The van der Waals surface area contributed by atoms with Crippen molar-refractivity contribution in [2.45, 2.75) is 212 Å². The van der Waals surface area contributed by atoms with Gasteiger partial charge in [-0.1, -0.05) is 15.9 Å². The monoisotopic (exact) mass is 1270 g/mol. The summed E-state index contributed by atoms with van der Waals surface area (Å²) in [6.45, 7) is 9.42. The van der Waals surface area contributed by atoms with Gasteiger partial charge < -0.3 is 94.7 Å². The Morgan fingerprint density at radius 1 is 0.250 bits per heavy atom. The van der Waals surface area contributed by atoms with Gasteiger partial charge in [0, 0.05) is 90.0 Å². The van der Waals surface area contributed by atoms with E-state index in [1.807, 2.05) is 0 Å². The number of carbonyl (C=O) groups is 13. The number of alkyl halides is 1. The molecule has 33 nitrogen and oxygen atoms in total. The van der Waals surface area contributed by atoms with Crippen molar-refractivity contribution in [1.29, 1.82) is 0 Å². The van der Waals surface area contributed by atoms with E-state index in [-0.39, 0.29) is 0 Å². The van der Waals surface area contributed by atoms with E-state index in [1.54, 1.807) is 0 Å². The van der Waals surface area contributed by atoms with Crippen molar-refractivity contribution in [3.8, 4) is 0 Å². The first-order chi connectivity index (χ1) is 39.3. The summed E-state index contributed by atoms with van der Waals surface area (Å²) in [6, 6.07) is 0. The minimum absolute atomic E-state index is 0.638. The molecule has 20 atom stereocenters. The highest BCUT2D eigenvalue weighted by Gasteiger charge is 2.61. The molecule has 0 amide bonds. The maximum Gasteiger partial charge on any atom is 0.303 e. The Morgan fingerprint density at radius 3 is 0.690 bits per heavy atom. The van der Waals surface area contributed by atoms with E-state index in [4.69, 9.17) is 94.7 Å². The molecule has 4 fully saturated rings. The molecular weight excluding hydrogens is 1210 g/mol. The Labute approximate surface area is 487 Å². The van der Waals surface area contributed by atoms with Crippen LogP contribution in [0.2, 0.25) is 0 Å². The molecule has 0 saturated carbocycles. The van der Waals surface area contributed by atoms with Crippen molar-refractivity contribution in [3.63, 3.8) is 0 Å². The highest BCUT2D eigenvalue weighted by Crippen LogP contribution is 2.40. The number of halogens is 1. The molecule has 4 rings (SSSR count). The van der Waals surface area contributed by atoms with E-state index in [1.165, 1.54) is 0 Å². The summed E-state index contributed by atoms with van der Waals surface area (Å²) < 4.78 is 116. The third-order valence-electron chi connectivity index (χ3n) is 11.7. The molecule has 0 aliphatic carbocycles. The van der Waals surface area contributed by atoms with Crippen LogP contribution in [0.3, 0.4) is 0 Å². The second kappa shape index (κ2) is 32.0. The van der Waals surface area contributed by atoms with Crippen LogP contribution in [0, 0.1) is 0 Å². The largest absolute Gasteiger partial charge is 0.463 e. The van der Waals surface area contributed by atoms with E-state index >= 15 is 0 Å². The predicted molar refractivity (Wildman–Crippen MR) is 265 cm³/mol. The Hall–Kier alpha value is -6.69. The standard InChI is InChI=1S/C50H67BrO33/c1-18(52)65-14-31-36(39(70-23(6)57)43(47(51)78-31)74-27(10)61)82-49-45(76-29(12)63)41(72-25(8)59)38(33(80-49)16-67-20(3)54)84-50-46(77-30(13)64)42(73-26(9)60)37(34(81-50)17-68-21(4)55)83-48-44(75-28(11)62)40(71-24(7)58)35(69-22(5)56)32(79-48)15-66-19(2)53/h31-50H,14-17H2,1-13H3/t31-,32-,33-,34-,35-,36-,37-,38-,39+,40+,41+,42+,43-,44-,45-,46-,47-,48+,49+,50+/m1/s1. The van der Waals surface area contributed by atoms with Gasteiger partial charge in [0.15, 0.2) is 78.8 Å². The van der Waals surface area contributed by atoms with Crippen LogP contribution >= 0.6 is 15.9 Å². The Bertz CT molecular complexity index is 2410. The third kappa shape index (κ3) is 20.8. The molecule has 84 heavy (non-hydrogen) atoms. The molecule has 0 aromatic carbocycles. The first-order valence-electron chi connectivity index (χ1n) is 25.6. The summed E-state index contributed by atoms with van der Waals surface area (Å²) >= 11 is 3.24. The first-order valence-corrected chi connectivity index (χ1v) is 26.5. The molecule has 4 aliphatic heterocycles. The minimum Gasteiger partial charge on any atom is -0.463 e. The number of carbonyl (C=O) groups excluding carboxylic acids is 13. The summed E-state index contributed by atoms with van der Waals surface area (Å²) in [7, 11) is 0. The van der Waals surface area contributed by atoms with Gasteiger partial charge in [0.1, 0.15) is 69.2 Å². The van der Waals surface area contributed by atoms with Crippen molar-refractivity contribution < 1.29 is 157 Å². The number of hydrogen-bond donors (Lipinski definition) is 0. The van der Waals surface area contributed by atoms with Crippen LogP contribution in [-0.2, 0) is 157 Å². The van der Waals surface area contributed by atoms with Crippen LogP contribution in [0.25, 0.3) is 0 Å². The average Bonchev–Trinajstić information content (AvgIpc) is 3.03. The van der Waals surface area contributed by atoms with Crippen molar-refractivity contribution in [1.82, 2.24) is 0 Å². The fraction of sp³-hybridized carbons (Fsp3) is 0.740. The molecule has 0 radical (unpaired) electrons. The highest BCUT2D eigenvalue weighted by atomic mass is 79.9. The number of ether oxygens (including phenoxy) is 20. The Balaban J connectivity index is 1.97. The maximum absolute atomic E-state index is 13.3. The summed E-state index contributed by atoms with van der Waals surface area (Å²) in [4.78, 5) is 165. The van der Waals surface area contributed by atoms with Gasteiger partial charge in [-0.3, -0.25) is 62.3 Å². The van der Waals surface area contributed by atoms with Crippen molar-refractivity contribution >= 4 is 93.5 Å². The van der Waals surface area contributed by atoms with Gasteiger partial charge in [-0.25, -0.2) is 0 Å². The van der Waals surface area contributed by atoms with Crippen molar-refractivity contribution in [2.75, 3.05) is 26.4 Å². The summed E-state index contributed by atoms with van der Waals surface area (Å²) in [5, 5.41) is -1.27. The molecule has 0 aromatic rings. The van der Waals surface area contributed by atoms with Gasteiger partial charge in [0.2, 0.25) is 0 Å². The Morgan fingerprint density at radius 2 is 0.440 bits per heavy atom. The summed E-state index contributed by atoms with van der Waals surface area (Å²) in [5.41, 5.74) is 0. The fourth-order valence-corrected chi connectivity index (χ4v) is 9.71. The molecule has 4 heterocycles. The molecule has 0 bridgehead atoms. The van der Waals surface area contributed by atoms with Crippen LogP contribution in [0.4, 0.5) is 0 Å². The van der Waals surface area contributed by atoms with Gasteiger partial charge in [0.05, 0.1) is 0 Å². The minimum atomic E-state index is -2.19. The molecular formula is C50H67BrO33. The zero-order valence-electron chi connectivity index (χ0n) is 47.7. The summed E-state index contributed by atoms with van der Waals surface area (Å²) in [6.07, 6.45) is -35.7. The molecule has 34 heteroatoms. The van der Waals surface area contributed by atoms with Crippen LogP contribution < -0.4 is 0 Å². The fourth-order valence-electron chi connectivity index (χ4n) is 9.03. The lowest BCUT2D eigenvalue weighted by Crippen LogP contribution is -2.69. The lowest BCUT2D eigenvalue weighted by molar-refractivity contribution is -0.385. The molecule has 0 spiro atoms. The SMILES string of the molecule is CC(=O)OC[C@H]1O[C@@H](Br)[C@H](OC(C)=O)[C@@H](OC(C)=O)[C@@H]1O[C@@H]1O[C@H](COC(C)=O)[C@@H](O[C@@H]2O[C@H](COC(C)=O)[C@@H](O[C@@H]3O[C@H](COC(C)=O)[C@@H](OC(C)=O)[C@H](OC(C)=O)[C@H]3OC(C)=O)[C@H](OC(C)=O)[C@H]2OC(C)=O)[C@H](OC(C)=O)[C@H]1OC(C)=O. The normalized spacial score (nSPS) is 32.7. The van der Waals surface area contributed by atoms with Crippen LogP contribution in [0.15, 0.2) is 0 Å². The van der Waals surface area contributed by atoms with E-state index < -0.39 is 226 Å². The second-order valence-corrected chi connectivity index (χ2v) is 19.7. The molecule has 4 saturated heterocycles. The second-order valence-electron chi connectivity index (χ2n) is 18.8. The van der Waals surface area contributed by atoms with Gasteiger partial charge in [-0.15, -0.1) is 0 Å². The van der Waals surface area contributed by atoms with Crippen LogP contribution in [-0.4, -0.2) is 226 Å². The highest BCUT2D eigenvalue weighted by molar-refractivity contribution is 9.09. The molecule has 0 N–H and O–H groups in total. The lowest BCUT2D eigenvalue weighted by atomic mass is 9.94. The smallest absolute Gasteiger partial charge is 0.303 e. The maximum atomic E-state index is 13.3. The number of rotatable bonds is 23. The quantitative estimate of drug-likeness (QED) is 0.0678. The summed E-state index contributed by atoms with van der Waals surface area (Å²) in [5.74, 6) is -13.0. The van der Waals surface area contributed by atoms with Gasteiger partial charge >= 0.3 is 77.6 Å². The topological polar surface area (TPSA) is 407 Å². The van der Waals surface area contributed by atoms with E-state index in [0.717, 1.165) is 90.0 Å². The van der Waals surface area contributed by atoms with E-state index in [0.29, 0.717) is 0 Å². The van der Waals surface area contributed by atoms with Crippen LogP contribution in [0.1, 0.15) is 90.0 Å². The zero-order chi connectivity index (χ0) is 63.0.